The highest BCUT2D eigenvalue weighted by atomic mass is 35.5. The molecular formula is C24H23Cl2N3O3S. The Kier molecular flexibility index (Phi) is 6.83. The Balaban J connectivity index is 1.43. The molecule has 0 atom stereocenters. The van der Waals surface area contributed by atoms with Crippen molar-refractivity contribution in [3.8, 4) is 0 Å². The fourth-order valence-electron chi connectivity index (χ4n) is 3.81. The van der Waals surface area contributed by atoms with Crippen molar-refractivity contribution >= 4 is 50.5 Å². The molecule has 3 aromatic carbocycles. The highest BCUT2D eigenvalue weighted by Crippen LogP contribution is 2.27. The maximum atomic E-state index is 13.1. The number of benzene rings is 3. The number of carbonyl (C=O) groups excluding carboxylic acids is 1. The van der Waals surface area contributed by atoms with E-state index in [1.807, 2.05) is 25.1 Å². The molecule has 1 amide bonds. The lowest BCUT2D eigenvalue weighted by Crippen LogP contribution is -2.49. The summed E-state index contributed by atoms with van der Waals surface area (Å²) in [7, 11) is -3.74. The minimum Gasteiger partial charge on any atom is -0.368 e. The molecule has 0 bridgehead atoms. The van der Waals surface area contributed by atoms with Crippen LogP contribution in [0.25, 0.3) is 0 Å². The van der Waals surface area contributed by atoms with Crippen LogP contribution in [0.5, 0.6) is 0 Å². The quantitative estimate of drug-likeness (QED) is 0.527. The molecule has 0 saturated carbocycles. The third kappa shape index (κ3) is 5.27. The summed E-state index contributed by atoms with van der Waals surface area (Å²) in [5, 5.41) is 0.880. The zero-order valence-electron chi connectivity index (χ0n) is 18.0. The van der Waals surface area contributed by atoms with Gasteiger partial charge in [0.1, 0.15) is 0 Å². The topological polar surface area (TPSA) is 69.7 Å². The average molecular weight is 504 g/mol. The second-order valence-electron chi connectivity index (χ2n) is 7.82. The van der Waals surface area contributed by atoms with Crippen LogP contribution in [0.4, 0.5) is 11.4 Å². The lowest BCUT2D eigenvalue weighted by molar-refractivity contribution is 0.0747. The van der Waals surface area contributed by atoms with Crippen molar-refractivity contribution in [1.29, 1.82) is 0 Å². The molecular weight excluding hydrogens is 481 g/mol. The Morgan fingerprint density at radius 3 is 2.27 bits per heavy atom. The standard InChI is InChI=1S/C24H23Cl2N3O3S/c1-17-7-8-18(25)15-23(17)28-11-13-29(14-12-28)24(30)21-10-9-19(16-22(21)26)27-33(31,32)20-5-3-2-4-6-20/h2-10,15-16,27H,11-14H2,1H3. The fourth-order valence-corrected chi connectivity index (χ4v) is 5.31. The van der Waals surface area contributed by atoms with Crippen LogP contribution in [0.15, 0.2) is 71.6 Å². The average Bonchev–Trinajstić information content (AvgIpc) is 2.81. The van der Waals surface area contributed by atoms with Crippen LogP contribution in [0.1, 0.15) is 15.9 Å². The van der Waals surface area contributed by atoms with E-state index in [0.717, 1.165) is 11.3 Å². The molecule has 1 heterocycles. The maximum Gasteiger partial charge on any atom is 0.261 e. The summed E-state index contributed by atoms with van der Waals surface area (Å²) in [6.07, 6.45) is 0. The van der Waals surface area contributed by atoms with E-state index in [9.17, 15) is 13.2 Å². The van der Waals surface area contributed by atoms with Gasteiger partial charge in [0.25, 0.3) is 15.9 Å². The molecule has 0 aromatic heterocycles. The van der Waals surface area contributed by atoms with Crippen LogP contribution in [-0.2, 0) is 10.0 Å². The smallest absolute Gasteiger partial charge is 0.261 e. The summed E-state index contributed by atoms with van der Waals surface area (Å²) < 4.78 is 27.6. The molecule has 1 aliphatic heterocycles. The third-order valence-corrected chi connectivity index (χ3v) is 7.53. The third-order valence-electron chi connectivity index (χ3n) is 5.58. The van der Waals surface area contributed by atoms with Crippen molar-refractivity contribution in [1.82, 2.24) is 4.90 Å². The Hall–Kier alpha value is -2.74. The Bertz CT molecular complexity index is 1280. The predicted octanol–water partition coefficient (Wildman–Crippen LogP) is 5.07. The van der Waals surface area contributed by atoms with Crippen LogP contribution < -0.4 is 9.62 Å². The van der Waals surface area contributed by atoms with Gasteiger partial charge in [0.05, 0.1) is 21.2 Å². The number of hydrogen-bond acceptors (Lipinski definition) is 4. The molecule has 9 heteroatoms. The molecule has 1 fully saturated rings. The number of halogens is 2. The minimum absolute atomic E-state index is 0.147. The summed E-state index contributed by atoms with van der Waals surface area (Å²) in [4.78, 5) is 17.2. The van der Waals surface area contributed by atoms with E-state index >= 15 is 0 Å². The first-order valence-electron chi connectivity index (χ1n) is 10.4. The number of piperazine rings is 1. The van der Waals surface area contributed by atoms with Gasteiger partial charge in [-0.25, -0.2) is 8.42 Å². The first kappa shape index (κ1) is 23.4. The van der Waals surface area contributed by atoms with E-state index in [4.69, 9.17) is 23.2 Å². The Morgan fingerprint density at radius 1 is 0.909 bits per heavy atom. The van der Waals surface area contributed by atoms with Crippen LogP contribution in [0.3, 0.4) is 0 Å². The second kappa shape index (κ2) is 9.63. The number of hydrogen-bond donors (Lipinski definition) is 1. The molecule has 4 rings (SSSR count). The number of sulfonamides is 1. The SMILES string of the molecule is Cc1ccc(Cl)cc1N1CCN(C(=O)c2ccc(NS(=O)(=O)c3ccccc3)cc2Cl)CC1. The molecule has 0 radical (unpaired) electrons. The van der Waals surface area contributed by atoms with Crippen LogP contribution in [-0.4, -0.2) is 45.4 Å². The van der Waals surface area contributed by atoms with Crippen LogP contribution >= 0.6 is 23.2 Å². The number of nitrogens with one attached hydrogen (secondary N) is 1. The number of anilines is 2. The summed E-state index contributed by atoms with van der Waals surface area (Å²) in [6.45, 7) is 4.49. The largest absolute Gasteiger partial charge is 0.368 e. The highest BCUT2D eigenvalue weighted by Gasteiger charge is 2.25. The lowest BCUT2D eigenvalue weighted by Gasteiger charge is -2.37. The predicted molar refractivity (Wildman–Crippen MR) is 133 cm³/mol. The number of carbonyl (C=O) groups is 1. The fraction of sp³-hybridized carbons (Fsp3) is 0.208. The van der Waals surface area contributed by atoms with E-state index in [-0.39, 0.29) is 15.8 Å². The molecule has 0 unspecified atom stereocenters. The van der Waals surface area contributed by atoms with Crippen molar-refractivity contribution in [2.75, 3.05) is 35.8 Å². The van der Waals surface area contributed by atoms with Gasteiger partial charge in [-0.2, -0.15) is 0 Å². The maximum absolute atomic E-state index is 13.1. The van der Waals surface area contributed by atoms with Crippen molar-refractivity contribution in [2.45, 2.75) is 11.8 Å². The van der Waals surface area contributed by atoms with Gasteiger partial charge in [-0.1, -0.05) is 47.5 Å². The molecule has 0 aliphatic carbocycles. The molecule has 33 heavy (non-hydrogen) atoms. The van der Waals surface area contributed by atoms with Gasteiger partial charge < -0.3 is 9.80 Å². The zero-order valence-corrected chi connectivity index (χ0v) is 20.3. The van der Waals surface area contributed by atoms with E-state index in [2.05, 4.69) is 9.62 Å². The van der Waals surface area contributed by atoms with E-state index in [1.165, 1.54) is 18.2 Å². The van der Waals surface area contributed by atoms with Crippen LogP contribution in [0, 0.1) is 6.92 Å². The van der Waals surface area contributed by atoms with Gasteiger partial charge in [0, 0.05) is 36.9 Å². The number of aryl methyl sites for hydroxylation is 1. The van der Waals surface area contributed by atoms with Gasteiger partial charge in [-0.3, -0.25) is 9.52 Å². The van der Waals surface area contributed by atoms with E-state index in [1.54, 1.807) is 35.2 Å². The Labute approximate surface area is 203 Å². The van der Waals surface area contributed by atoms with Crippen molar-refractivity contribution in [2.24, 2.45) is 0 Å². The van der Waals surface area contributed by atoms with Gasteiger partial charge in [0.2, 0.25) is 0 Å². The number of nitrogens with zero attached hydrogens (tertiary/aromatic N) is 2. The highest BCUT2D eigenvalue weighted by molar-refractivity contribution is 7.92. The summed E-state index contributed by atoms with van der Waals surface area (Å²) in [6, 6.07) is 18.4. The first-order valence-corrected chi connectivity index (χ1v) is 12.7. The summed E-state index contributed by atoms with van der Waals surface area (Å²) >= 11 is 12.5. The first-order chi connectivity index (χ1) is 15.7. The van der Waals surface area contributed by atoms with Crippen molar-refractivity contribution < 1.29 is 13.2 Å². The molecule has 3 aromatic rings. The van der Waals surface area contributed by atoms with Gasteiger partial charge in [-0.05, 0) is 55.0 Å². The van der Waals surface area contributed by atoms with E-state index < -0.39 is 10.0 Å². The molecule has 0 spiro atoms. The van der Waals surface area contributed by atoms with Crippen molar-refractivity contribution in [3.63, 3.8) is 0 Å². The normalized spacial score (nSPS) is 14.3. The number of rotatable bonds is 5. The molecule has 1 saturated heterocycles. The van der Waals surface area contributed by atoms with Crippen LogP contribution in [0.2, 0.25) is 10.0 Å². The molecule has 1 aliphatic rings. The number of amides is 1. The molecule has 1 N–H and O–H groups in total. The second-order valence-corrected chi connectivity index (χ2v) is 10.3. The Morgan fingerprint density at radius 2 is 1.61 bits per heavy atom. The minimum atomic E-state index is -3.74. The molecule has 6 nitrogen and oxygen atoms in total. The molecule has 172 valence electrons. The van der Waals surface area contributed by atoms with E-state index in [0.29, 0.717) is 42.5 Å². The zero-order chi connectivity index (χ0) is 23.6. The summed E-state index contributed by atoms with van der Waals surface area (Å²) in [5.41, 5.74) is 2.84. The lowest BCUT2D eigenvalue weighted by atomic mass is 10.1. The van der Waals surface area contributed by atoms with Gasteiger partial charge in [-0.15, -0.1) is 0 Å². The van der Waals surface area contributed by atoms with Gasteiger partial charge >= 0.3 is 0 Å². The van der Waals surface area contributed by atoms with Crippen molar-refractivity contribution in [3.05, 3.63) is 87.9 Å². The monoisotopic (exact) mass is 503 g/mol. The summed E-state index contributed by atoms with van der Waals surface area (Å²) in [5.74, 6) is -0.181. The van der Waals surface area contributed by atoms with Gasteiger partial charge in [0.15, 0.2) is 0 Å².